The first-order valence-electron chi connectivity index (χ1n) is 8.62. The molecule has 23 heavy (non-hydrogen) atoms. The molecule has 0 aliphatic heterocycles. The predicted molar refractivity (Wildman–Crippen MR) is 91.6 cm³/mol. The molecule has 0 spiro atoms. The van der Waals surface area contributed by atoms with Gasteiger partial charge in [-0.25, -0.2) is 9.35 Å². The topological polar surface area (TPSA) is 72.5 Å². The van der Waals surface area contributed by atoms with Gasteiger partial charge in [-0.05, 0) is 86.1 Å². The normalized spacial score (nSPS) is 23.0. The van der Waals surface area contributed by atoms with E-state index in [4.69, 9.17) is 5.14 Å². The summed E-state index contributed by atoms with van der Waals surface area (Å²) in [6.45, 7) is 1.87. The van der Waals surface area contributed by atoms with E-state index in [1.807, 2.05) is 6.92 Å². The zero-order chi connectivity index (χ0) is 16.2. The fourth-order valence-electron chi connectivity index (χ4n) is 4.06. The van der Waals surface area contributed by atoms with Crippen molar-refractivity contribution in [3.05, 3.63) is 33.9 Å². The molecule has 3 aliphatic rings. The van der Waals surface area contributed by atoms with Crippen LogP contribution in [-0.2, 0) is 46.8 Å². The van der Waals surface area contributed by atoms with Crippen molar-refractivity contribution in [1.29, 1.82) is 0 Å². The third-order valence-electron chi connectivity index (χ3n) is 5.82. The highest BCUT2D eigenvalue weighted by Crippen LogP contribution is 2.42. The second-order valence-corrected chi connectivity index (χ2v) is 9.82. The van der Waals surface area contributed by atoms with Gasteiger partial charge in [0.25, 0.3) is 5.91 Å². The van der Waals surface area contributed by atoms with E-state index in [0.29, 0.717) is 0 Å². The minimum Gasteiger partial charge on any atom is -0.272 e. The summed E-state index contributed by atoms with van der Waals surface area (Å²) < 4.78 is 16.0. The highest BCUT2D eigenvalue weighted by molar-refractivity contribution is 7.93. The van der Waals surface area contributed by atoms with Crippen molar-refractivity contribution in [3.63, 3.8) is 0 Å². The van der Waals surface area contributed by atoms with Gasteiger partial charge in [0.1, 0.15) is 9.92 Å². The molecule has 1 atom stereocenters. The predicted octanol–water partition coefficient (Wildman–Crippen LogP) is 2.63. The summed E-state index contributed by atoms with van der Waals surface area (Å²) in [7, 11) is -2.91. The van der Waals surface area contributed by atoms with Gasteiger partial charge in [0.05, 0.1) is 11.2 Å². The third-order valence-corrected chi connectivity index (χ3v) is 8.12. The minimum absolute atomic E-state index is 0.274. The third kappa shape index (κ3) is 2.54. The van der Waals surface area contributed by atoms with Crippen LogP contribution in [0.3, 0.4) is 0 Å². The van der Waals surface area contributed by atoms with Gasteiger partial charge in [0.15, 0.2) is 0 Å². The molecule has 0 bridgehead atoms. The second kappa shape index (κ2) is 5.15. The number of fused-ring (bicyclic) bond motifs is 2. The Hall–Kier alpha value is -1.20. The highest BCUT2D eigenvalue weighted by atomic mass is 32.2. The molecule has 1 amide bonds. The van der Waals surface area contributed by atoms with Crippen LogP contribution in [0.15, 0.2) is 10.4 Å². The number of hydrogen-bond donors (Lipinski definition) is 1. The summed E-state index contributed by atoms with van der Waals surface area (Å²) in [5.41, 5.74) is 6.72. The first kappa shape index (κ1) is 15.3. The van der Waals surface area contributed by atoms with Crippen LogP contribution >= 0.6 is 0 Å². The maximum atomic E-state index is 12.5. The van der Waals surface area contributed by atoms with Gasteiger partial charge < -0.3 is 0 Å². The summed E-state index contributed by atoms with van der Waals surface area (Å²) in [5, 5.41) is 5.88. The Labute approximate surface area is 138 Å². The van der Waals surface area contributed by atoms with Crippen LogP contribution in [0.25, 0.3) is 0 Å². The van der Waals surface area contributed by atoms with Gasteiger partial charge in [-0.3, -0.25) is 4.79 Å². The van der Waals surface area contributed by atoms with Crippen molar-refractivity contribution in [2.75, 3.05) is 0 Å². The zero-order valence-corrected chi connectivity index (χ0v) is 14.5. The zero-order valence-electron chi connectivity index (χ0n) is 13.7. The molecule has 3 aliphatic carbocycles. The lowest BCUT2D eigenvalue weighted by molar-refractivity contribution is -0.117. The molecule has 1 saturated carbocycles. The largest absolute Gasteiger partial charge is 0.272 e. The van der Waals surface area contributed by atoms with Gasteiger partial charge >= 0.3 is 0 Å². The van der Waals surface area contributed by atoms with Crippen molar-refractivity contribution in [2.24, 2.45) is 9.50 Å². The van der Waals surface area contributed by atoms with Gasteiger partial charge in [0.2, 0.25) is 0 Å². The molecule has 2 N–H and O–H groups in total. The standard InChI is InChI=1S/C18H24N2O2S/c1-18(8-9-18)23(19,22)20-17(21)11-16-14-6-2-4-12(14)10-13-5-3-7-15(13)16/h10H,2-9,11H2,1H3,(H2,19,20,21,22). The lowest BCUT2D eigenvalue weighted by atomic mass is 9.92. The van der Waals surface area contributed by atoms with Crippen molar-refractivity contribution in [3.8, 4) is 0 Å². The molecular formula is C18H24N2O2S. The minimum atomic E-state index is -2.91. The van der Waals surface area contributed by atoms with Gasteiger partial charge in [-0.1, -0.05) is 6.07 Å². The molecule has 1 fully saturated rings. The van der Waals surface area contributed by atoms with E-state index in [-0.39, 0.29) is 12.3 Å². The van der Waals surface area contributed by atoms with Gasteiger partial charge in [0, 0.05) is 0 Å². The van der Waals surface area contributed by atoms with Crippen LogP contribution in [0.1, 0.15) is 60.4 Å². The van der Waals surface area contributed by atoms with Crippen LogP contribution < -0.4 is 5.14 Å². The van der Waals surface area contributed by atoms with Crippen LogP contribution in [0.2, 0.25) is 0 Å². The first-order valence-corrected chi connectivity index (χ1v) is 10.2. The number of carbonyl (C=O) groups excluding carboxylic acids is 1. The van der Waals surface area contributed by atoms with Crippen LogP contribution in [-0.4, -0.2) is 14.9 Å². The summed E-state index contributed by atoms with van der Waals surface area (Å²) >= 11 is 0. The molecule has 4 rings (SSSR count). The fraction of sp³-hybridized carbons (Fsp3) is 0.611. The molecule has 1 unspecified atom stereocenters. The summed E-state index contributed by atoms with van der Waals surface area (Å²) in [6, 6.07) is 2.35. The van der Waals surface area contributed by atoms with Gasteiger partial charge in [-0.2, -0.15) is 0 Å². The van der Waals surface area contributed by atoms with E-state index >= 15 is 0 Å². The highest BCUT2D eigenvalue weighted by Gasteiger charge is 2.46. The van der Waals surface area contributed by atoms with Crippen LogP contribution in [0.5, 0.6) is 0 Å². The summed E-state index contributed by atoms with van der Waals surface area (Å²) in [4.78, 5) is 12.5. The summed E-state index contributed by atoms with van der Waals surface area (Å²) in [6.07, 6.45) is 8.56. The Morgan fingerprint density at radius 1 is 1.17 bits per heavy atom. The van der Waals surface area contributed by atoms with E-state index < -0.39 is 14.7 Å². The van der Waals surface area contributed by atoms with Crippen LogP contribution in [0, 0.1) is 0 Å². The molecule has 124 valence electrons. The van der Waals surface area contributed by atoms with Crippen molar-refractivity contribution in [2.45, 2.75) is 69.5 Å². The Kier molecular flexibility index (Phi) is 3.43. The Morgan fingerprint density at radius 2 is 1.74 bits per heavy atom. The summed E-state index contributed by atoms with van der Waals surface area (Å²) in [5.74, 6) is -0.306. The van der Waals surface area contributed by atoms with Crippen molar-refractivity contribution >= 4 is 15.8 Å². The van der Waals surface area contributed by atoms with Gasteiger partial charge in [-0.15, -0.1) is 4.36 Å². The SMILES string of the molecule is CC1(S(N)(=O)=NC(=O)Cc2c3c(cc4c2CCC4)CCC3)CC1. The molecule has 1 aromatic rings. The number of carbonyl (C=O) groups is 1. The first-order chi connectivity index (χ1) is 10.9. The van der Waals surface area contributed by atoms with Crippen molar-refractivity contribution < 1.29 is 9.00 Å². The van der Waals surface area contributed by atoms with E-state index in [0.717, 1.165) is 38.5 Å². The number of hydrogen-bond acceptors (Lipinski definition) is 2. The smallest absolute Gasteiger partial charge is 0.259 e. The number of nitrogens with zero attached hydrogens (tertiary/aromatic N) is 1. The Balaban J connectivity index is 1.69. The quantitative estimate of drug-likeness (QED) is 0.924. The molecule has 4 nitrogen and oxygen atoms in total. The van der Waals surface area contributed by atoms with E-state index in [1.165, 1.54) is 40.7 Å². The second-order valence-electron chi connectivity index (χ2n) is 7.52. The number of rotatable bonds is 3. The van der Waals surface area contributed by atoms with E-state index in [2.05, 4.69) is 10.4 Å². The average Bonchev–Trinajstić information content (AvgIpc) is 2.90. The lowest BCUT2D eigenvalue weighted by Gasteiger charge is -2.14. The lowest BCUT2D eigenvalue weighted by Crippen LogP contribution is -2.28. The number of aryl methyl sites for hydroxylation is 2. The monoisotopic (exact) mass is 332 g/mol. The van der Waals surface area contributed by atoms with Crippen LogP contribution in [0.4, 0.5) is 0 Å². The molecule has 0 saturated heterocycles. The number of benzene rings is 1. The van der Waals surface area contributed by atoms with E-state index in [9.17, 15) is 9.00 Å². The molecule has 0 radical (unpaired) electrons. The molecule has 1 aromatic carbocycles. The molecular weight excluding hydrogens is 308 g/mol. The maximum absolute atomic E-state index is 12.5. The van der Waals surface area contributed by atoms with Crippen molar-refractivity contribution in [1.82, 2.24) is 0 Å². The Bertz CT molecular complexity index is 783. The fourth-order valence-corrected chi connectivity index (χ4v) is 5.34. The molecule has 5 heteroatoms. The van der Waals surface area contributed by atoms with E-state index in [1.54, 1.807) is 0 Å². The molecule has 0 aromatic heterocycles. The number of nitrogens with two attached hydrogens (primary N) is 1. The maximum Gasteiger partial charge on any atom is 0.259 e. The average molecular weight is 332 g/mol. The molecule has 0 heterocycles. The number of amides is 1. The Morgan fingerprint density at radius 3 is 2.26 bits per heavy atom.